The molecule has 1 unspecified atom stereocenters. The Bertz CT molecular complexity index is 439. The molecule has 1 saturated heterocycles. The summed E-state index contributed by atoms with van der Waals surface area (Å²) in [6, 6.07) is -0.699. The summed E-state index contributed by atoms with van der Waals surface area (Å²) in [5, 5.41) is 4.69. The number of aliphatic imine (C=N–C) groups is 1. The van der Waals surface area contributed by atoms with Crippen molar-refractivity contribution < 1.29 is 14.4 Å². The first-order valence-corrected chi connectivity index (χ1v) is 6.54. The Morgan fingerprint density at radius 2 is 2.10 bits per heavy atom. The topological polar surface area (TPSA) is 87.6 Å². The molecule has 0 saturated carbocycles. The van der Waals surface area contributed by atoms with Crippen LogP contribution < -0.4 is 10.6 Å². The van der Waals surface area contributed by atoms with Crippen LogP contribution in [0.5, 0.6) is 0 Å². The lowest BCUT2D eigenvalue weighted by molar-refractivity contribution is -0.136. The van der Waals surface area contributed by atoms with Gasteiger partial charge in [0, 0.05) is 12.6 Å². The summed E-state index contributed by atoms with van der Waals surface area (Å²) in [5.74, 6) is -1.28. The third-order valence-electron chi connectivity index (χ3n) is 2.33. The lowest BCUT2D eigenvalue weighted by Crippen LogP contribution is -2.53. The fourth-order valence-electron chi connectivity index (χ4n) is 1.50. The van der Waals surface area contributed by atoms with E-state index >= 15 is 0 Å². The number of piperidine rings is 1. The normalized spacial score (nSPS) is 18.9. The van der Waals surface area contributed by atoms with E-state index in [-0.39, 0.29) is 18.0 Å². The molecule has 6 nitrogen and oxygen atoms in total. The van der Waals surface area contributed by atoms with Gasteiger partial charge in [-0.05, 0) is 19.4 Å². The van der Waals surface area contributed by atoms with Gasteiger partial charge in [0.15, 0.2) is 0 Å². The van der Waals surface area contributed by atoms with Crippen LogP contribution in [0.4, 0.5) is 0 Å². The van der Waals surface area contributed by atoms with Gasteiger partial charge in [-0.15, -0.1) is 0 Å². The molecule has 110 valence electrons. The van der Waals surface area contributed by atoms with Gasteiger partial charge in [0.25, 0.3) is 5.91 Å². The predicted octanol–water partition coefficient (Wildman–Crippen LogP) is 1.09. The summed E-state index contributed by atoms with van der Waals surface area (Å²) in [6.45, 7) is 9.16. The smallest absolute Gasteiger partial charge is 0.270 e. The van der Waals surface area contributed by atoms with E-state index in [0.717, 1.165) is 0 Å². The monoisotopic (exact) mass is 279 g/mol. The Morgan fingerprint density at radius 3 is 2.60 bits per heavy atom. The van der Waals surface area contributed by atoms with Crippen molar-refractivity contribution in [2.75, 3.05) is 0 Å². The lowest BCUT2D eigenvalue weighted by atomic mass is 10.1. The molecule has 1 heterocycles. The predicted molar refractivity (Wildman–Crippen MR) is 78.1 cm³/mol. The molecular formula is C14H21N3O3. The van der Waals surface area contributed by atoms with Crippen molar-refractivity contribution in [2.45, 2.75) is 39.7 Å². The van der Waals surface area contributed by atoms with E-state index in [2.05, 4.69) is 22.2 Å². The van der Waals surface area contributed by atoms with Crippen molar-refractivity contribution in [3.8, 4) is 0 Å². The van der Waals surface area contributed by atoms with Gasteiger partial charge in [0.1, 0.15) is 11.8 Å². The molecule has 1 aliphatic rings. The van der Waals surface area contributed by atoms with Gasteiger partial charge < -0.3 is 5.32 Å². The number of carbonyl (C=O) groups is 3. The molecular weight excluding hydrogens is 258 g/mol. The van der Waals surface area contributed by atoms with Gasteiger partial charge >= 0.3 is 0 Å². The fourth-order valence-corrected chi connectivity index (χ4v) is 1.50. The summed E-state index contributed by atoms with van der Waals surface area (Å²) >= 11 is 0. The molecule has 0 aliphatic carbocycles. The first-order valence-electron chi connectivity index (χ1n) is 6.54. The van der Waals surface area contributed by atoms with E-state index in [1.54, 1.807) is 13.0 Å². The minimum absolute atomic E-state index is 0.164. The van der Waals surface area contributed by atoms with Gasteiger partial charge in [-0.2, -0.15) is 0 Å². The number of rotatable bonds is 4. The number of nitrogens with zero attached hydrogens (tertiary/aromatic N) is 1. The van der Waals surface area contributed by atoms with Gasteiger partial charge in [-0.25, -0.2) is 0 Å². The van der Waals surface area contributed by atoms with Crippen LogP contribution in [-0.2, 0) is 14.4 Å². The van der Waals surface area contributed by atoms with Crippen LogP contribution in [0.1, 0.15) is 33.6 Å². The maximum absolute atomic E-state index is 11.8. The largest absolute Gasteiger partial charge is 0.339 e. The minimum Gasteiger partial charge on any atom is -0.339 e. The Kier molecular flexibility index (Phi) is 8.58. The van der Waals surface area contributed by atoms with E-state index in [9.17, 15) is 14.4 Å². The molecule has 20 heavy (non-hydrogen) atoms. The third-order valence-corrected chi connectivity index (χ3v) is 2.33. The second kappa shape index (κ2) is 9.66. The van der Waals surface area contributed by atoms with Crippen molar-refractivity contribution in [2.24, 2.45) is 4.99 Å². The van der Waals surface area contributed by atoms with Gasteiger partial charge in [-0.3, -0.25) is 24.7 Å². The SMILES string of the molecule is C=CN=C(/C=C\C)C(=O)NC1CCC(=O)NC1=O.CC. The number of hydrogen-bond donors (Lipinski definition) is 2. The highest BCUT2D eigenvalue weighted by atomic mass is 16.2. The molecule has 0 bridgehead atoms. The van der Waals surface area contributed by atoms with Crippen molar-refractivity contribution in [3.05, 3.63) is 24.9 Å². The number of carbonyl (C=O) groups excluding carboxylic acids is 3. The van der Waals surface area contributed by atoms with E-state index in [4.69, 9.17) is 0 Å². The number of amides is 3. The fraction of sp³-hybridized carbons (Fsp3) is 0.429. The molecule has 1 atom stereocenters. The Labute approximate surface area is 119 Å². The van der Waals surface area contributed by atoms with Gasteiger partial charge in [-0.1, -0.05) is 26.5 Å². The maximum atomic E-state index is 11.8. The minimum atomic E-state index is -0.699. The first-order chi connectivity index (χ1) is 9.58. The van der Waals surface area contributed by atoms with Gasteiger partial charge in [0.2, 0.25) is 11.8 Å². The van der Waals surface area contributed by atoms with Crippen LogP contribution in [0.25, 0.3) is 0 Å². The molecule has 6 heteroatoms. The highest BCUT2D eigenvalue weighted by Gasteiger charge is 2.28. The highest BCUT2D eigenvalue weighted by Crippen LogP contribution is 2.04. The van der Waals surface area contributed by atoms with Crippen LogP contribution in [0.3, 0.4) is 0 Å². The molecule has 0 radical (unpaired) electrons. The molecule has 0 aromatic heterocycles. The van der Waals surface area contributed by atoms with E-state index in [1.165, 1.54) is 12.3 Å². The molecule has 1 rings (SSSR count). The quantitative estimate of drug-likeness (QED) is 0.596. The molecule has 1 aliphatic heterocycles. The van der Waals surface area contributed by atoms with Crippen molar-refractivity contribution >= 4 is 23.4 Å². The molecule has 3 amide bonds. The number of hydrogen-bond acceptors (Lipinski definition) is 4. The zero-order chi connectivity index (χ0) is 15.5. The molecule has 0 spiro atoms. The molecule has 0 aromatic carbocycles. The Hall–Kier alpha value is -2.24. The standard InChI is InChI=1S/C12H15N3O3.C2H6/c1-3-5-8(13-4-2)11(17)14-9-6-7-10(16)15-12(9)18;1-2/h3-5,9H,2,6-7H2,1H3,(H,14,17)(H,15,16,18);1-2H3/b5-3-,13-8?;. The average molecular weight is 279 g/mol. The third kappa shape index (κ3) is 5.60. The van der Waals surface area contributed by atoms with Crippen molar-refractivity contribution in [1.82, 2.24) is 10.6 Å². The molecule has 2 N–H and O–H groups in total. The van der Waals surface area contributed by atoms with Crippen molar-refractivity contribution in [3.63, 3.8) is 0 Å². The van der Waals surface area contributed by atoms with Crippen LogP contribution >= 0.6 is 0 Å². The highest BCUT2D eigenvalue weighted by molar-refractivity contribution is 6.43. The average Bonchev–Trinajstić information content (AvgIpc) is 2.44. The maximum Gasteiger partial charge on any atom is 0.270 e. The van der Waals surface area contributed by atoms with Crippen LogP contribution in [-0.4, -0.2) is 29.5 Å². The second-order valence-electron chi connectivity index (χ2n) is 3.67. The van der Waals surface area contributed by atoms with Crippen LogP contribution in [0.15, 0.2) is 29.9 Å². The summed E-state index contributed by atoms with van der Waals surface area (Å²) in [6.07, 6.45) is 4.94. The summed E-state index contributed by atoms with van der Waals surface area (Å²) < 4.78 is 0. The first kappa shape index (κ1) is 17.8. The van der Waals surface area contributed by atoms with E-state index in [0.29, 0.717) is 6.42 Å². The Morgan fingerprint density at radius 1 is 1.45 bits per heavy atom. The zero-order valence-electron chi connectivity index (χ0n) is 12.1. The Balaban J connectivity index is 0.00000172. The number of imide groups is 1. The summed E-state index contributed by atoms with van der Waals surface area (Å²) in [5.41, 5.74) is 0.164. The molecule has 1 fully saturated rings. The van der Waals surface area contributed by atoms with E-state index in [1.807, 2.05) is 13.8 Å². The molecule has 0 aromatic rings. The number of nitrogens with one attached hydrogen (secondary N) is 2. The number of allylic oxidation sites excluding steroid dienone is 1. The van der Waals surface area contributed by atoms with E-state index < -0.39 is 17.9 Å². The summed E-state index contributed by atoms with van der Waals surface area (Å²) in [7, 11) is 0. The second-order valence-corrected chi connectivity index (χ2v) is 3.67. The zero-order valence-corrected chi connectivity index (χ0v) is 12.1. The lowest BCUT2D eigenvalue weighted by Gasteiger charge is -2.21. The van der Waals surface area contributed by atoms with Crippen LogP contribution in [0, 0.1) is 0 Å². The van der Waals surface area contributed by atoms with Crippen molar-refractivity contribution in [1.29, 1.82) is 0 Å². The van der Waals surface area contributed by atoms with Crippen LogP contribution in [0.2, 0.25) is 0 Å². The van der Waals surface area contributed by atoms with Gasteiger partial charge in [0.05, 0.1) is 0 Å². The summed E-state index contributed by atoms with van der Waals surface area (Å²) in [4.78, 5) is 38.0.